The first-order valence-electron chi connectivity index (χ1n) is 13.1. The molecule has 1 aromatic heterocycles. The summed E-state index contributed by atoms with van der Waals surface area (Å²) in [7, 11) is 2.20. The summed E-state index contributed by atoms with van der Waals surface area (Å²) < 4.78 is 2.21. The summed E-state index contributed by atoms with van der Waals surface area (Å²) >= 11 is 6.13. The minimum Gasteiger partial charge on any atom is -0.378 e. The molecule has 1 saturated heterocycles. The lowest BCUT2D eigenvalue weighted by atomic mass is 9.95. The first-order chi connectivity index (χ1) is 18.0. The molecule has 0 bridgehead atoms. The molecule has 2 aliphatic rings. The van der Waals surface area contributed by atoms with Crippen LogP contribution < -0.4 is 5.32 Å². The van der Waals surface area contributed by atoms with E-state index < -0.39 is 0 Å². The smallest absolute Gasteiger partial charge is 0.137 e. The zero-order valence-corrected chi connectivity index (χ0v) is 22.2. The van der Waals surface area contributed by atoms with Gasteiger partial charge in [-0.25, -0.2) is 0 Å². The fourth-order valence-corrected chi connectivity index (χ4v) is 5.62. The predicted octanol–water partition coefficient (Wildman–Crippen LogP) is 5.74. The van der Waals surface area contributed by atoms with Gasteiger partial charge in [0, 0.05) is 49.9 Å². The quantitative estimate of drug-likeness (QED) is 0.369. The van der Waals surface area contributed by atoms with E-state index in [1.165, 1.54) is 22.3 Å². The Kier molecular flexibility index (Phi) is 6.72. The second-order valence-electron chi connectivity index (χ2n) is 10.3. The Morgan fingerprint density at radius 2 is 1.62 bits per heavy atom. The fourth-order valence-electron chi connectivity index (χ4n) is 5.49. The highest BCUT2D eigenvalue weighted by atomic mass is 35.5. The summed E-state index contributed by atoms with van der Waals surface area (Å²) in [6.07, 6.45) is 1.79. The third kappa shape index (κ3) is 5.14. The van der Waals surface area contributed by atoms with E-state index in [0.717, 1.165) is 73.6 Å². The van der Waals surface area contributed by atoms with Crippen LogP contribution in [-0.4, -0.2) is 57.8 Å². The third-order valence-corrected chi connectivity index (χ3v) is 7.92. The number of anilines is 1. The number of hydrogen-bond donors (Lipinski definition) is 1. The van der Waals surface area contributed by atoms with Gasteiger partial charge < -0.3 is 10.2 Å². The van der Waals surface area contributed by atoms with Crippen molar-refractivity contribution < 1.29 is 0 Å². The molecule has 1 N–H and O–H groups in total. The van der Waals surface area contributed by atoms with Crippen molar-refractivity contribution >= 4 is 17.3 Å². The number of nitrogens with one attached hydrogen (secondary N) is 1. The largest absolute Gasteiger partial charge is 0.378 e. The van der Waals surface area contributed by atoms with Gasteiger partial charge >= 0.3 is 0 Å². The van der Waals surface area contributed by atoms with Crippen molar-refractivity contribution in [3.05, 3.63) is 94.5 Å². The van der Waals surface area contributed by atoms with Crippen LogP contribution in [0.15, 0.2) is 66.7 Å². The molecule has 3 aromatic carbocycles. The highest BCUT2D eigenvalue weighted by molar-refractivity contribution is 6.30. The van der Waals surface area contributed by atoms with Gasteiger partial charge in [0.2, 0.25) is 0 Å². The first kappa shape index (κ1) is 24.2. The van der Waals surface area contributed by atoms with Crippen molar-refractivity contribution in [1.82, 2.24) is 24.6 Å². The SMILES string of the molecule is Cc1nnc2n1-c1ccc(-c3ccc(CN4CCN(C)CC4)cc3)cc1C(Nc1ccc(Cl)cc1)CC2. The van der Waals surface area contributed by atoms with Crippen molar-refractivity contribution in [3.63, 3.8) is 0 Å². The van der Waals surface area contributed by atoms with Gasteiger partial charge in [-0.1, -0.05) is 41.9 Å². The van der Waals surface area contributed by atoms with E-state index in [0.29, 0.717) is 0 Å². The maximum absolute atomic E-state index is 6.13. The molecule has 3 heterocycles. The molecule has 0 radical (unpaired) electrons. The summed E-state index contributed by atoms with van der Waals surface area (Å²) in [5.74, 6) is 1.93. The van der Waals surface area contributed by atoms with Crippen LogP contribution >= 0.6 is 11.6 Å². The van der Waals surface area contributed by atoms with E-state index in [1.807, 2.05) is 31.2 Å². The Labute approximate surface area is 223 Å². The summed E-state index contributed by atoms with van der Waals surface area (Å²) in [4.78, 5) is 4.95. The number of piperazine rings is 1. The minimum atomic E-state index is 0.147. The topological polar surface area (TPSA) is 49.2 Å². The standard InChI is InChI=1S/C30H33ClN6/c1-21-33-34-30-14-12-28(32-26-10-8-25(31)9-11-26)27-19-24(7-13-29(27)37(21)30)23-5-3-22(4-6-23)20-36-17-15-35(2)16-18-36/h3-11,13,19,28,32H,12,14-18,20H2,1-2H3. The summed E-state index contributed by atoms with van der Waals surface area (Å²) in [6, 6.07) is 24.0. The van der Waals surface area contributed by atoms with Gasteiger partial charge in [-0.3, -0.25) is 9.47 Å². The Morgan fingerprint density at radius 1 is 0.892 bits per heavy atom. The predicted molar refractivity (Wildman–Crippen MR) is 150 cm³/mol. The number of nitrogens with zero attached hydrogens (tertiary/aromatic N) is 5. The van der Waals surface area contributed by atoms with Crippen LogP contribution in [0.3, 0.4) is 0 Å². The van der Waals surface area contributed by atoms with Gasteiger partial charge in [0.25, 0.3) is 0 Å². The third-order valence-electron chi connectivity index (χ3n) is 7.67. The summed E-state index contributed by atoms with van der Waals surface area (Å²) in [6.45, 7) is 7.60. The van der Waals surface area contributed by atoms with Gasteiger partial charge in [-0.2, -0.15) is 0 Å². The molecule has 1 unspecified atom stereocenters. The van der Waals surface area contributed by atoms with Crippen molar-refractivity contribution in [2.24, 2.45) is 0 Å². The molecule has 2 aliphatic heterocycles. The zero-order valence-electron chi connectivity index (χ0n) is 21.5. The fraction of sp³-hybridized carbons (Fsp3) is 0.333. The van der Waals surface area contributed by atoms with Gasteiger partial charge in [-0.15, -0.1) is 10.2 Å². The summed E-state index contributed by atoms with van der Waals surface area (Å²) in [5.41, 5.74) is 7.30. The number of fused-ring (bicyclic) bond motifs is 3. The zero-order chi connectivity index (χ0) is 25.4. The molecule has 6 rings (SSSR count). The van der Waals surface area contributed by atoms with Crippen LogP contribution in [0.4, 0.5) is 5.69 Å². The van der Waals surface area contributed by atoms with Crippen molar-refractivity contribution in [3.8, 4) is 16.8 Å². The molecule has 0 amide bonds. The number of aryl methyl sites for hydroxylation is 2. The summed E-state index contributed by atoms with van der Waals surface area (Å²) in [5, 5.41) is 13.3. The molecule has 7 heteroatoms. The molecule has 4 aromatic rings. The Hall–Kier alpha value is -3.19. The Balaban J connectivity index is 1.30. The van der Waals surface area contributed by atoms with Crippen LogP contribution in [-0.2, 0) is 13.0 Å². The molecule has 1 fully saturated rings. The number of rotatable bonds is 5. The highest BCUT2D eigenvalue weighted by Crippen LogP contribution is 2.36. The van der Waals surface area contributed by atoms with Crippen LogP contribution in [0, 0.1) is 6.92 Å². The van der Waals surface area contributed by atoms with E-state index in [9.17, 15) is 0 Å². The van der Waals surface area contributed by atoms with Crippen LogP contribution in [0.5, 0.6) is 0 Å². The molecule has 0 spiro atoms. The lowest BCUT2D eigenvalue weighted by Gasteiger charge is -2.32. The maximum atomic E-state index is 6.13. The van der Waals surface area contributed by atoms with Crippen LogP contribution in [0.25, 0.3) is 16.8 Å². The monoisotopic (exact) mass is 512 g/mol. The molecule has 190 valence electrons. The normalized spacial score (nSPS) is 18.2. The average Bonchev–Trinajstić information content (AvgIpc) is 3.21. The Bertz CT molecular complexity index is 1370. The van der Waals surface area contributed by atoms with Gasteiger partial charge in [0.05, 0.1) is 11.7 Å². The molecule has 1 atom stereocenters. The van der Waals surface area contributed by atoms with Gasteiger partial charge in [0.1, 0.15) is 11.6 Å². The van der Waals surface area contributed by atoms with E-state index in [2.05, 4.69) is 79.4 Å². The van der Waals surface area contributed by atoms with E-state index in [1.54, 1.807) is 0 Å². The van der Waals surface area contributed by atoms with E-state index in [4.69, 9.17) is 11.6 Å². The average molecular weight is 513 g/mol. The van der Waals surface area contributed by atoms with E-state index in [-0.39, 0.29) is 6.04 Å². The first-order valence-corrected chi connectivity index (χ1v) is 13.5. The molecular formula is C30H33ClN6. The maximum Gasteiger partial charge on any atom is 0.137 e. The van der Waals surface area contributed by atoms with Crippen molar-refractivity contribution in [2.45, 2.75) is 32.4 Å². The van der Waals surface area contributed by atoms with E-state index >= 15 is 0 Å². The Morgan fingerprint density at radius 3 is 2.38 bits per heavy atom. The lowest BCUT2D eigenvalue weighted by molar-refractivity contribution is 0.148. The molecule has 0 saturated carbocycles. The number of benzene rings is 3. The molecular weight excluding hydrogens is 480 g/mol. The van der Waals surface area contributed by atoms with Crippen molar-refractivity contribution in [2.75, 3.05) is 38.5 Å². The van der Waals surface area contributed by atoms with Gasteiger partial charge in [-0.05, 0) is 79.0 Å². The highest BCUT2D eigenvalue weighted by Gasteiger charge is 2.25. The second kappa shape index (κ2) is 10.3. The molecule has 0 aliphatic carbocycles. The molecule has 6 nitrogen and oxygen atoms in total. The number of aromatic nitrogens is 3. The van der Waals surface area contributed by atoms with Gasteiger partial charge in [0.15, 0.2) is 0 Å². The number of hydrogen-bond acceptors (Lipinski definition) is 5. The lowest BCUT2D eigenvalue weighted by Crippen LogP contribution is -2.43. The van der Waals surface area contributed by atoms with Crippen LogP contribution in [0.2, 0.25) is 5.02 Å². The molecule has 37 heavy (non-hydrogen) atoms. The van der Waals surface area contributed by atoms with Crippen LogP contribution in [0.1, 0.15) is 35.2 Å². The number of likely N-dealkylation sites (N-methyl/N-ethyl adjacent to an activating group) is 1. The second-order valence-corrected chi connectivity index (χ2v) is 10.7. The van der Waals surface area contributed by atoms with Crippen molar-refractivity contribution in [1.29, 1.82) is 0 Å². The number of halogens is 1. The minimum absolute atomic E-state index is 0.147.